The Hall–Kier alpha value is -1.77. The first-order valence-corrected chi connectivity index (χ1v) is 4.69. The monoisotopic (exact) mass is 205 g/mol. The van der Waals surface area contributed by atoms with Gasteiger partial charge in [0.1, 0.15) is 5.75 Å². The van der Waals surface area contributed by atoms with Crippen LogP contribution < -0.4 is 0 Å². The summed E-state index contributed by atoms with van der Waals surface area (Å²) in [5, 5.41) is 9.56. The fourth-order valence-electron chi connectivity index (χ4n) is 1.16. The number of aryl methyl sites for hydroxylation is 1. The van der Waals surface area contributed by atoms with E-state index >= 15 is 0 Å². The van der Waals surface area contributed by atoms with Crippen LogP contribution in [-0.4, -0.2) is 29.9 Å². The highest BCUT2D eigenvalue weighted by molar-refractivity contribution is 6.06. The van der Waals surface area contributed by atoms with Crippen LogP contribution in [0, 0.1) is 6.92 Å². The van der Waals surface area contributed by atoms with Crippen molar-refractivity contribution < 1.29 is 9.90 Å². The van der Waals surface area contributed by atoms with Crippen LogP contribution in [0.15, 0.2) is 30.5 Å². The van der Waals surface area contributed by atoms with Gasteiger partial charge in [0, 0.05) is 26.4 Å². The van der Waals surface area contributed by atoms with Gasteiger partial charge in [-0.1, -0.05) is 6.07 Å². The maximum Gasteiger partial charge on any atom is 0.190 e. The highest BCUT2D eigenvalue weighted by atomic mass is 16.3. The lowest BCUT2D eigenvalue weighted by atomic mass is 10.1. The number of nitrogens with zero attached hydrogens (tertiary/aromatic N) is 1. The first-order chi connectivity index (χ1) is 7.00. The molecule has 0 fully saturated rings. The van der Waals surface area contributed by atoms with Crippen LogP contribution in [-0.2, 0) is 0 Å². The Morgan fingerprint density at radius 1 is 1.40 bits per heavy atom. The topological polar surface area (TPSA) is 40.5 Å². The molecule has 80 valence electrons. The molecule has 1 N–H and O–H groups in total. The third-order valence-electron chi connectivity index (χ3n) is 1.94. The standard InChI is InChI=1S/C12H15NO2/c1-9-4-5-10(12(15)8-9)11(14)6-7-13(2)3/h4-8,15H,1-3H3/b7-6+. The van der Waals surface area contributed by atoms with Gasteiger partial charge in [0.15, 0.2) is 5.78 Å². The molecule has 3 heteroatoms. The van der Waals surface area contributed by atoms with Crippen molar-refractivity contribution in [2.24, 2.45) is 0 Å². The number of aromatic hydroxyl groups is 1. The molecule has 0 aliphatic rings. The van der Waals surface area contributed by atoms with E-state index in [-0.39, 0.29) is 11.5 Å². The lowest BCUT2D eigenvalue weighted by Crippen LogP contribution is -2.03. The van der Waals surface area contributed by atoms with Crippen LogP contribution >= 0.6 is 0 Å². The second kappa shape index (κ2) is 4.64. The Labute approximate surface area is 89.6 Å². The van der Waals surface area contributed by atoms with E-state index in [0.717, 1.165) is 5.56 Å². The maximum absolute atomic E-state index is 11.6. The number of carbonyl (C=O) groups is 1. The second-order valence-electron chi connectivity index (χ2n) is 3.66. The van der Waals surface area contributed by atoms with Crippen molar-refractivity contribution in [1.29, 1.82) is 0 Å². The van der Waals surface area contributed by atoms with E-state index < -0.39 is 0 Å². The Morgan fingerprint density at radius 2 is 2.07 bits per heavy atom. The van der Waals surface area contributed by atoms with Crippen molar-refractivity contribution >= 4 is 5.78 Å². The van der Waals surface area contributed by atoms with E-state index in [2.05, 4.69) is 0 Å². The molecule has 1 rings (SSSR count). The van der Waals surface area contributed by atoms with Crippen molar-refractivity contribution in [1.82, 2.24) is 4.90 Å². The van der Waals surface area contributed by atoms with Crippen LogP contribution in [0.2, 0.25) is 0 Å². The van der Waals surface area contributed by atoms with Crippen LogP contribution in [0.5, 0.6) is 5.75 Å². The average Bonchev–Trinajstić information content (AvgIpc) is 2.14. The van der Waals surface area contributed by atoms with Gasteiger partial charge in [-0.3, -0.25) is 4.79 Å². The van der Waals surface area contributed by atoms with Gasteiger partial charge in [-0.25, -0.2) is 0 Å². The molecular weight excluding hydrogens is 190 g/mol. The predicted molar refractivity (Wildman–Crippen MR) is 60.0 cm³/mol. The molecule has 0 spiro atoms. The average molecular weight is 205 g/mol. The summed E-state index contributed by atoms with van der Waals surface area (Å²) in [6.45, 7) is 1.86. The van der Waals surface area contributed by atoms with E-state index in [1.165, 1.54) is 6.08 Å². The van der Waals surface area contributed by atoms with Crippen molar-refractivity contribution in [3.05, 3.63) is 41.6 Å². The molecule has 0 aromatic heterocycles. The molecule has 0 unspecified atom stereocenters. The van der Waals surface area contributed by atoms with Gasteiger partial charge in [0.25, 0.3) is 0 Å². The van der Waals surface area contributed by atoms with Crippen LogP contribution in [0.25, 0.3) is 0 Å². The van der Waals surface area contributed by atoms with E-state index in [4.69, 9.17) is 0 Å². The van der Waals surface area contributed by atoms with Crippen molar-refractivity contribution in [3.8, 4) is 5.75 Å². The molecule has 0 amide bonds. The van der Waals surface area contributed by atoms with E-state index in [9.17, 15) is 9.90 Å². The van der Waals surface area contributed by atoms with Crippen molar-refractivity contribution in [2.45, 2.75) is 6.92 Å². The molecule has 3 nitrogen and oxygen atoms in total. The molecule has 0 bridgehead atoms. The largest absolute Gasteiger partial charge is 0.507 e. The minimum atomic E-state index is -0.193. The summed E-state index contributed by atoms with van der Waals surface area (Å²) in [7, 11) is 3.66. The number of phenols is 1. The Bertz CT molecular complexity index is 395. The molecule has 0 atom stereocenters. The summed E-state index contributed by atoms with van der Waals surface area (Å²) in [5.74, 6) is -0.162. The van der Waals surface area contributed by atoms with Gasteiger partial charge >= 0.3 is 0 Å². The third-order valence-corrected chi connectivity index (χ3v) is 1.94. The molecule has 15 heavy (non-hydrogen) atoms. The van der Waals surface area contributed by atoms with Crippen LogP contribution in [0.3, 0.4) is 0 Å². The molecule has 0 heterocycles. The fourth-order valence-corrected chi connectivity index (χ4v) is 1.16. The van der Waals surface area contributed by atoms with Gasteiger partial charge in [-0.05, 0) is 24.6 Å². The molecule has 0 aliphatic heterocycles. The lowest BCUT2D eigenvalue weighted by Gasteiger charge is -2.04. The fraction of sp³-hybridized carbons (Fsp3) is 0.250. The lowest BCUT2D eigenvalue weighted by molar-refractivity contribution is 0.104. The molecule has 0 saturated carbocycles. The second-order valence-corrected chi connectivity index (χ2v) is 3.66. The van der Waals surface area contributed by atoms with Crippen molar-refractivity contribution in [3.63, 3.8) is 0 Å². The van der Waals surface area contributed by atoms with Crippen molar-refractivity contribution in [2.75, 3.05) is 14.1 Å². The van der Waals surface area contributed by atoms with Gasteiger partial charge < -0.3 is 10.0 Å². The van der Waals surface area contributed by atoms with Gasteiger partial charge in [-0.15, -0.1) is 0 Å². The Kier molecular flexibility index (Phi) is 3.50. The summed E-state index contributed by atoms with van der Waals surface area (Å²) >= 11 is 0. The zero-order valence-electron chi connectivity index (χ0n) is 9.19. The first kappa shape index (κ1) is 11.3. The predicted octanol–water partition coefficient (Wildman–Crippen LogP) is 1.96. The molecule has 0 radical (unpaired) electrons. The quantitative estimate of drug-likeness (QED) is 0.605. The number of hydrogen-bond donors (Lipinski definition) is 1. The summed E-state index contributed by atoms with van der Waals surface area (Å²) in [6.07, 6.45) is 3.09. The highest BCUT2D eigenvalue weighted by Gasteiger charge is 2.07. The minimum absolute atomic E-state index is 0.0309. The summed E-state index contributed by atoms with van der Waals surface area (Å²) < 4.78 is 0. The first-order valence-electron chi connectivity index (χ1n) is 4.69. The Balaban J connectivity index is 2.92. The number of rotatable bonds is 3. The third kappa shape index (κ3) is 3.13. The number of carbonyl (C=O) groups excluding carboxylic acids is 1. The van der Waals surface area contributed by atoms with Crippen LogP contribution in [0.4, 0.5) is 0 Å². The number of phenolic OH excluding ortho intramolecular Hbond substituents is 1. The van der Waals surface area contributed by atoms with E-state index in [1.807, 2.05) is 21.0 Å². The zero-order chi connectivity index (χ0) is 11.4. The molecular formula is C12H15NO2. The Morgan fingerprint density at radius 3 is 2.60 bits per heavy atom. The summed E-state index contributed by atoms with van der Waals surface area (Å²) in [5.41, 5.74) is 1.26. The minimum Gasteiger partial charge on any atom is -0.507 e. The van der Waals surface area contributed by atoms with Crippen LogP contribution in [0.1, 0.15) is 15.9 Å². The van der Waals surface area contributed by atoms with Gasteiger partial charge in [0.05, 0.1) is 5.56 Å². The summed E-state index contributed by atoms with van der Waals surface area (Å²) in [6, 6.07) is 5.01. The normalized spacial score (nSPS) is 10.6. The number of ketones is 1. The number of benzene rings is 1. The molecule has 1 aromatic carbocycles. The number of hydrogen-bond acceptors (Lipinski definition) is 3. The smallest absolute Gasteiger partial charge is 0.190 e. The maximum atomic E-state index is 11.6. The summed E-state index contributed by atoms with van der Waals surface area (Å²) in [4.78, 5) is 13.4. The van der Waals surface area contributed by atoms with Gasteiger partial charge in [-0.2, -0.15) is 0 Å². The molecule has 0 aliphatic carbocycles. The molecule has 1 aromatic rings. The van der Waals surface area contributed by atoms with Gasteiger partial charge in [0.2, 0.25) is 0 Å². The number of allylic oxidation sites excluding steroid dienone is 1. The molecule has 0 saturated heterocycles. The SMILES string of the molecule is Cc1ccc(C(=O)/C=C/N(C)C)c(O)c1. The van der Waals surface area contributed by atoms with E-state index in [1.54, 1.807) is 29.3 Å². The zero-order valence-corrected chi connectivity index (χ0v) is 9.19. The highest BCUT2D eigenvalue weighted by Crippen LogP contribution is 2.19. The van der Waals surface area contributed by atoms with E-state index in [0.29, 0.717) is 5.56 Å².